The van der Waals surface area contributed by atoms with Crippen LogP contribution in [-0.4, -0.2) is 6.04 Å². The molecule has 0 amide bonds. The summed E-state index contributed by atoms with van der Waals surface area (Å²) in [5.74, 6) is 0. The third-order valence-corrected chi connectivity index (χ3v) is 2.80. The number of hydrogen-bond donors (Lipinski definition) is 1. The van der Waals surface area contributed by atoms with E-state index in [1.165, 1.54) is 0 Å². The number of nitrogens with zero attached hydrogens (tertiary/aromatic N) is 1. The summed E-state index contributed by atoms with van der Waals surface area (Å²) in [4.78, 5) is 0. The molecule has 0 aromatic heterocycles. The average Bonchev–Trinajstić information content (AvgIpc) is 2.28. The van der Waals surface area contributed by atoms with E-state index in [-0.39, 0.29) is 0 Å². The maximum absolute atomic E-state index is 9.00. The number of rotatable bonds is 5. The number of nitrogens with one attached hydrogen (secondary N) is 1. The normalized spacial score (nSPS) is 11.6. The monoisotopic (exact) mass is 278 g/mol. The van der Waals surface area contributed by atoms with Gasteiger partial charge < -0.3 is 5.32 Å². The van der Waals surface area contributed by atoms with Crippen LogP contribution in [0, 0.1) is 11.3 Å². The smallest absolute Gasteiger partial charge is 0.101 e. The van der Waals surface area contributed by atoms with Crippen LogP contribution < -0.4 is 5.32 Å². The summed E-state index contributed by atoms with van der Waals surface area (Å²) in [5.41, 5.74) is 1.56. The Labute approximate surface area is 105 Å². The first-order valence-corrected chi connectivity index (χ1v) is 6.03. The van der Waals surface area contributed by atoms with E-state index in [1.807, 2.05) is 24.3 Å². The summed E-state index contributed by atoms with van der Waals surface area (Å²) in [7, 11) is 0. The van der Waals surface area contributed by atoms with Crippen molar-refractivity contribution < 1.29 is 0 Å². The topological polar surface area (TPSA) is 35.8 Å². The molecule has 0 aliphatic heterocycles. The van der Waals surface area contributed by atoms with Crippen molar-refractivity contribution in [2.45, 2.75) is 25.8 Å². The highest BCUT2D eigenvalue weighted by Gasteiger charge is 2.05. The summed E-state index contributed by atoms with van der Waals surface area (Å²) >= 11 is 3.35. The summed E-state index contributed by atoms with van der Waals surface area (Å²) < 4.78 is 0.924. The second-order valence-corrected chi connectivity index (χ2v) is 4.63. The first-order chi connectivity index (χ1) is 7.67. The van der Waals surface area contributed by atoms with Crippen LogP contribution in [0.1, 0.15) is 25.3 Å². The first-order valence-electron chi connectivity index (χ1n) is 5.24. The molecule has 1 atom stereocenters. The molecule has 0 spiro atoms. The van der Waals surface area contributed by atoms with Gasteiger partial charge in [-0.2, -0.15) is 5.26 Å². The van der Waals surface area contributed by atoms with Crippen molar-refractivity contribution in [2.75, 3.05) is 5.32 Å². The Balaban J connectivity index is 2.73. The third-order valence-electron chi connectivity index (χ3n) is 2.31. The van der Waals surface area contributed by atoms with Crippen molar-refractivity contribution in [3.63, 3.8) is 0 Å². The lowest BCUT2D eigenvalue weighted by Gasteiger charge is -2.15. The first kappa shape index (κ1) is 12.8. The SMILES string of the molecule is C=CCCC(C)Nc1ccc(Br)cc1C#N. The van der Waals surface area contributed by atoms with Crippen LogP contribution in [0.15, 0.2) is 35.3 Å². The van der Waals surface area contributed by atoms with Gasteiger partial charge in [-0.25, -0.2) is 0 Å². The highest BCUT2D eigenvalue weighted by molar-refractivity contribution is 9.10. The Morgan fingerprint density at radius 3 is 3.00 bits per heavy atom. The van der Waals surface area contributed by atoms with Crippen LogP contribution in [0.2, 0.25) is 0 Å². The van der Waals surface area contributed by atoms with Crippen LogP contribution >= 0.6 is 15.9 Å². The minimum Gasteiger partial charge on any atom is -0.382 e. The molecule has 1 rings (SSSR count). The minimum atomic E-state index is 0.339. The Bertz CT molecular complexity index is 407. The van der Waals surface area contributed by atoms with Crippen molar-refractivity contribution in [1.82, 2.24) is 0 Å². The van der Waals surface area contributed by atoms with E-state index in [2.05, 4.69) is 40.8 Å². The second-order valence-electron chi connectivity index (χ2n) is 3.71. The predicted molar refractivity (Wildman–Crippen MR) is 71.4 cm³/mol. The van der Waals surface area contributed by atoms with Gasteiger partial charge >= 0.3 is 0 Å². The van der Waals surface area contributed by atoms with Gasteiger partial charge in [-0.15, -0.1) is 6.58 Å². The lowest BCUT2D eigenvalue weighted by Crippen LogP contribution is -2.15. The van der Waals surface area contributed by atoms with Crippen molar-refractivity contribution in [1.29, 1.82) is 5.26 Å². The zero-order chi connectivity index (χ0) is 12.0. The number of benzene rings is 1. The summed E-state index contributed by atoms with van der Waals surface area (Å²) in [5, 5.41) is 12.3. The summed E-state index contributed by atoms with van der Waals surface area (Å²) in [6.07, 6.45) is 3.90. The van der Waals surface area contributed by atoms with Crippen molar-refractivity contribution in [3.8, 4) is 6.07 Å². The van der Waals surface area contributed by atoms with E-state index in [1.54, 1.807) is 0 Å². The molecule has 16 heavy (non-hydrogen) atoms. The highest BCUT2D eigenvalue weighted by atomic mass is 79.9. The van der Waals surface area contributed by atoms with Gasteiger partial charge in [0.05, 0.1) is 11.3 Å². The van der Waals surface area contributed by atoms with Gasteiger partial charge in [0.25, 0.3) is 0 Å². The third kappa shape index (κ3) is 3.71. The van der Waals surface area contributed by atoms with Crippen LogP contribution in [0.4, 0.5) is 5.69 Å². The van der Waals surface area contributed by atoms with Crippen molar-refractivity contribution in [2.24, 2.45) is 0 Å². The molecular formula is C13H15BrN2. The molecule has 84 valence electrons. The molecule has 3 heteroatoms. The second kappa shape index (κ2) is 6.34. The fourth-order valence-electron chi connectivity index (χ4n) is 1.44. The Kier molecular flexibility index (Phi) is 5.07. The van der Waals surface area contributed by atoms with Gasteiger partial charge in [0.1, 0.15) is 6.07 Å². The molecule has 0 aliphatic carbocycles. The predicted octanol–water partition coefficient (Wildman–Crippen LogP) is 4.09. The summed E-state index contributed by atoms with van der Waals surface area (Å²) in [6, 6.07) is 8.20. The van der Waals surface area contributed by atoms with E-state index in [9.17, 15) is 0 Å². The van der Waals surface area contributed by atoms with E-state index in [0.29, 0.717) is 11.6 Å². The van der Waals surface area contributed by atoms with E-state index >= 15 is 0 Å². The lowest BCUT2D eigenvalue weighted by atomic mass is 10.1. The molecule has 0 heterocycles. The molecule has 0 bridgehead atoms. The van der Waals surface area contributed by atoms with Gasteiger partial charge in [-0.05, 0) is 38.0 Å². The molecule has 2 nitrogen and oxygen atoms in total. The molecule has 1 aromatic rings. The van der Waals surface area contributed by atoms with E-state index in [0.717, 1.165) is 23.0 Å². The molecule has 1 N–H and O–H groups in total. The van der Waals surface area contributed by atoms with Gasteiger partial charge in [0, 0.05) is 10.5 Å². The maximum atomic E-state index is 9.00. The molecule has 0 saturated heterocycles. The molecule has 0 saturated carbocycles. The standard InChI is InChI=1S/C13H15BrN2/c1-3-4-5-10(2)16-13-7-6-12(14)8-11(13)9-15/h3,6-8,10,16H,1,4-5H2,2H3. The number of hydrogen-bond acceptors (Lipinski definition) is 2. The van der Waals surface area contributed by atoms with Gasteiger partial charge in [0.15, 0.2) is 0 Å². The zero-order valence-corrected chi connectivity index (χ0v) is 10.9. The summed E-state index contributed by atoms with van der Waals surface area (Å²) in [6.45, 7) is 5.80. The number of allylic oxidation sites excluding steroid dienone is 1. The molecule has 1 unspecified atom stereocenters. The Hall–Kier alpha value is -1.27. The quantitative estimate of drug-likeness (QED) is 0.824. The average molecular weight is 279 g/mol. The lowest BCUT2D eigenvalue weighted by molar-refractivity contribution is 0.719. The fourth-order valence-corrected chi connectivity index (χ4v) is 1.80. The van der Waals surface area contributed by atoms with Gasteiger partial charge in [-0.1, -0.05) is 22.0 Å². The number of anilines is 1. The van der Waals surface area contributed by atoms with Crippen LogP contribution in [-0.2, 0) is 0 Å². The van der Waals surface area contributed by atoms with E-state index in [4.69, 9.17) is 5.26 Å². The zero-order valence-electron chi connectivity index (χ0n) is 9.33. The molecule has 1 aromatic carbocycles. The Morgan fingerprint density at radius 1 is 1.62 bits per heavy atom. The van der Waals surface area contributed by atoms with Crippen molar-refractivity contribution in [3.05, 3.63) is 40.9 Å². The maximum Gasteiger partial charge on any atom is 0.101 e. The largest absolute Gasteiger partial charge is 0.382 e. The van der Waals surface area contributed by atoms with Gasteiger partial charge in [0.2, 0.25) is 0 Å². The minimum absolute atomic E-state index is 0.339. The van der Waals surface area contributed by atoms with E-state index < -0.39 is 0 Å². The molecular weight excluding hydrogens is 264 g/mol. The number of halogens is 1. The fraction of sp³-hybridized carbons (Fsp3) is 0.308. The van der Waals surface area contributed by atoms with Gasteiger partial charge in [-0.3, -0.25) is 0 Å². The molecule has 0 fully saturated rings. The van der Waals surface area contributed by atoms with Crippen molar-refractivity contribution >= 4 is 21.6 Å². The Morgan fingerprint density at radius 2 is 2.38 bits per heavy atom. The number of nitriles is 1. The highest BCUT2D eigenvalue weighted by Crippen LogP contribution is 2.21. The van der Waals surface area contributed by atoms with Crippen LogP contribution in [0.25, 0.3) is 0 Å². The molecule has 0 aliphatic rings. The van der Waals surface area contributed by atoms with Crippen LogP contribution in [0.5, 0.6) is 0 Å². The van der Waals surface area contributed by atoms with Crippen LogP contribution in [0.3, 0.4) is 0 Å². The molecule has 0 radical (unpaired) electrons.